The van der Waals surface area contributed by atoms with E-state index in [0.29, 0.717) is 13.0 Å². The van der Waals surface area contributed by atoms with Crippen LogP contribution in [0, 0.1) is 5.92 Å². The molecule has 5 heteroatoms. The lowest BCUT2D eigenvalue weighted by Crippen LogP contribution is -2.42. The van der Waals surface area contributed by atoms with Crippen LogP contribution in [0.3, 0.4) is 0 Å². The number of nitrogens with two attached hydrogens (primary N) is 1. The Morgan fingerprint density at radius 2 is 2.00 bits per heavy atom. The van der Waals surface area contributed by atoms with Crippen molar-refractivity contribution in [3.05, 3.63) is 30.3 Å². The third kappa shape index (κ3) is 5.22. The second kappa shape index (κ2) is 8.89. The summed E-state index contributed by atoms with van der Waals surface area (Å²) in [5, 5.41) is 0. The molecule has 1 aromatic rings. The lowest BCUT2D eigenvalue weighted by molar-refractivity contribution is -0.155. The molecule has 2 rings (SSSR count). The van der Waals surface area contributed by atoms with Crippen molar-refractivity contribution in [2.24, 2.45) is 11.7 Å². The highest BCUT2D eigenvalue weighted by atomic mass is 16.6. The van der Waals surface area contributed by atoms with Gasteiger partial charge in [0.1, 0.15) is 24.0 Å². The third-order valence-corrected chi connectivity index (χ3v) is 4.33. The Hall–Kier alpha value is -1.59. The summed E-state index contributed by atoms with van der Waals surface area (Å²) in [6.45, 7) is 2.54. The first kappa shape index (κ1) is 17.8. The Morgan fingerprint density at radius 1 is 1.26 bits per heavy atom. The average molecular weight is 321 g/mol. The topological polar surface area (TPSA) is 70.8 Å². The van der Waals surface area contributed by atoms with Crippen molar-refractivity contribution in [2.45, 2.75) is 50.9 Å². The van der Waals surface area contributed by atoms with Crippen LogP contribution >= 0.6 is 0 Å². The Morgan fingerprint density at radius 3 is 2.70 bits per heavy atom. The largest absolute Gasteiger partial charge is 0.486 e. The average Bonchev–Trinajstić information content (AvgIpc) is 2.60. The first-order valence-corrected chi connectivity index (χ1v) is 8.28. The van der Waals surface area contributed by atoms with Gasteiger partial charge in [0.2, 0.25) is 0 Å². The molecule has 1 saturated heterocycles. The van der Waals surface area contributed by atoms with Gasteiger partial charge in [0, 0.05) is 19.6 Å². The lowest BCUT2D eigenvalue weighted by Gasteiger charge is -2.31. The number of ether oxygens (including phenoxy) is 3. The highest BCUT2D eigenvalue weighted by molar-refractivity contribution is 5.75. The van der Waals surface area contributed by atoms with E-state index in [4.69, 9.17) is 19.9 Å². The van der Waals surface area contributed by atoms with Crippen LogP contribution in [-0.2, 0) is 14.3 Å². The van der Waals surface area contributed by atoms with Crippen LogP contribution < -0.4 is 10.5 Å². The summed E-state index contributed by atoms with van der Waals surface area (Å²) < 4.78 is 17.0. The zero-order valence-corrected chi connectivity index (χ0v) is 13.9. The van der Waals surface area contributed by atoms with Gasteiger partial charge in [-0.15, -0.1) is 0 Å². The number of carbonyl (C=O) groups excluding carboxylic acids is 1. The highest BCUT2D eigenvalue weighted by Crippen LogP contribution is 2.28. The minimum absolute atomic E-state index is 0.207. The van der Waals surface area contributed by atoms with E-state index in [2.05, 4.69) is 0 Å². The molecule has 0 saturated carbocycles. The molecule has 1 heterocycles. The quantitative estimate of drug-likeness (QED) is 0.844. The van der Waals surface area contributed by atoms with Gasteiger partial charge in [0.05, 0.1) is 0 Å². The van der Waals surface area contributed by atoms with Crippen LogP contribution in [0.15, 0.2) is 30.3 Å². The highest BCUT2D eigenvalue weighted by Gasteiger charge is 2.34. The summed E-state index contributed by atoms with van der Waals surface area (Å²) in [5.74, 6) is 0.696. The monoisotopic (exact) mass is 321 g/mol. The molecule has 0 amide bonds. The second-order valence-corrected chi connectivity index (χ2v) is 6.12. The normalized spacial score (nSPS) is 29.1. The van der Waals surface area contributed by atoms with Crippen LogP contribution in [0.2, 0.25) is 0 Å². The van der Waals surface area contributed by atoms with Gasteiger partial charge >= 0.3 is 5.97 Å². The van der Waals surface area contributed by atoms with E-state index < -0.39 is 6.04 Å². The third-order valence-electron chi connectivity index (χ3n) is 4.33. The molecule has 1 aliphatic heterocycles. The molecule has 0 aromatic heterocycles. The van der Waals surface area contributed by atoms with Crippen molar-refractivity contribution in [1.82, 2.24) is 0 Å². The predicted octanol–water partition coefficient (Wildman–Crippen LogP) is 2.53. The molecular weight excluding hydrogens is 294 g/mol. The van der Waals surface area contributed by atoms with E-state index in [-0.39, 0.29) is 24.1 Å². The number of cyclic esters (lactones) is 1. The van der Waals surface area contributed by atoms with E-state index in [1.165, 1.54) is 0 Å². The van der Waals surface area contributed by atoms with Crippen molar-refractivity contribution in [3.8, 4) is 5.75 Å². The first-order valence-electron chi connectivity index (χ1n) is 8.28. The molecule has 0 radical (unpaired) electrons. The van der Waals surface area contributed by atoms with Gasteiger partial charge in [-0.3, -0.25) is 4.79 Å². The van der Waals surface area contributed by atoms with Crippen molar-refractivity contribution < 1.29 is 19.0 Å². The molecule has 4 atom stereocenters. The van der Waals surface area contributed by atoms with Crippen molar-refractivity contribution >= 4 is 5.97 Å². The van der Waals surface area contributed by atoms with Crippen LogP contribution in [0.5, 0.6) is 5.75 Å². The van der Waals surface area contributed by atoms with E-state index in [1.807, 2.05) is 37.3 Å². The summed E-state index contributed by atoms with van der Waals surface area (Å²) in [6.07, 6.45) is 2.77. The van der Waals surface area contributed by atoms with Gasteiger partial charge in [-0.25, -0.2) is 0 Å². The predicted molar refractivity (Wildman–Crippen MR) is 88.2 cm³/mol. The van der Waals surface area contributed by atoms with Crippen LogP contribution in [0.4, 0.5) is 0 Å². The molecule has 128 valence electrons. The smallest absolute Gasteiger partial charge is 0.323 e. The van der Waals surface area contributed by atoms with E-state index in [9.17, 15) is 4.79 Å². The van der Waals surface area contributed by atoms with Crippen molar-refractivity contribution in [1.29, 1.82) is 0 Å². The summed E-state index contributed by atoms with van der Waals surface area (Å²) in [7, 11) is 1.70. The molecular formula is C18H27NO4. The molecule has 0 aliphatic carbocycles. The fraction of sp³-hybridized carbons (Fsp3) is 0.611. The number of carbonyl (C=O) groups is 1. The standard InChI is InChI=1S/C18H27NO4/c1-13-17(23-15-8-4-3-5-9-15)14(11-12-21-2)7-6-10-16(19)18(20)22-13/h3-5,8-9,13-14,16-17H,6-7,10-12,19H2,1-2H3/t13-,14+,16-,17-/m0/s1. The molecule has 23 heavy (non-hydrogen) atoms. The number of methoxy groups -OCH3 is 1. The summed E-state index contributed by atoms with van der Waals surface area (Å²) >= 11 is 0. The molecule has 1 aromatic carbocycles. The zero-order valence-electron chi connectivity index (χ0n) is 13.9. The molecule has 1 aliphatic rings. The fourth-order valence-electron chi connectivity index (χ4n) is 3.03. The summed E-state index contributed by atoms with van der Waals surface area (Å²) in [6, 6.07) is 9.10. The minimum Gasteiger partial charge on any atom is -0.486 e. The summed E-state index contributed by atoms with van der Waals surface area (Å²) in [5.41, 5.74) is 5.88. The van der Waals surface area contributed by atoms with Crippen molar-refractivity contribution in [3.63, 3.8) is 0 Å². The number of rotatable bonds is 5. The molecule has 0 spiro atoms. The SMILES string of the molecule is COCC[C@H]1CCC[C@H](N)C(=O)O[C@@H](C)[C@@H]1Oc1ccccc1. The lowest BCUT2D eigenvalue weighted by atomic mass is 9.89. The van der Waals surface area contributed by atoms with Gasteiger partial charge in [-0.05, 0) is 38.3 Å². The van der Waals surface area contributed by atoms with E-state index in [0.717, 1.165) is 25.0 Å². The number of hydrogen-bond acceptors (Lipinski definition) is 5. The van der Waals surface area contributed by atoms with Gasteiger partial charge in [-0.1, -0.05) is 24.6 Å². The zero-order chi connectivity index (χ0) is 16.7. The number of esters is 1. The van der Waals surface area contributed by atoms with Gasteiger partial charge in [-0.2, -0.15) is 0 Å². The number of para-hydroxylation sites is 1. The number of benzene rings is 1. The van der Waals surface area contributed by atoms with Crippen LogP contribution in [0.25, 0.3) is 0 Å². The molecule has 1 fully saturated rings. The van der Waals surface area contributed by atoms with Gasteiger partial charge in [0.15, 0.2) is 0 Å². The molecule has 0 bridgehead atoms. The number of hydrogen-bond donors (Lipinski definition) is 1. The van der Waals surface area contributed by atoms with Crippen LogP contribution in [-0.4, -0.2) is 37.9 Å². The Labute approximate surface area is 138 Å². The summed E-state index contributed by atoms with van der Waals surface area (Å²) in [4.78, 5) is 12.0. The fourth-order valence-corrected chi connectivity index (χ4v) is 3.03. The Kier molecular flexibility index (Phi) is 6.86. The Balaban J connectivity index is 2.18. The van der Waals surface area contributed by atoms with Crippen LogP contribution in [0.1, 0.15) is 32.6 Å². The maximum atomic E-state index is 12.0. The minimum atomic E-state index is -0.545. The van der Waals surface area contributed by atoms with Gasteiger partial charge in [0.25, 0.3) is 0 Å². The molecule has 0 unspecified atom stereocenters. The van der Waals surface area contributed by atoms with E-state index in [1.54, 1.807) is 7.11 Å². The van der Waals surface area contributed by atoms with Gasteiger partial charge < -0.3 is 19.9 Å². The molecule has 2 N–H and O–H groups in total. The maximum absolute atomic E-state index is 12.0. The van der Waals surface area contributed by atoms with E-state index >= 15 is 0 Å². The molecule has 5 nitrogen and oxygen atoms in total. The van der Waals surface area contributed by atoms with Crippen molar-refractivity contribution in [2.75, 3.05) is 13.7 Å². The first-order chi connectivity index (χ1) is 11.1. The second-order valence-electron chi connectivity index (χ2n) is 6.12. The maximum Gasteiger partial charge on any atom is 0.323 e. The Bertz CT molecular complexity index is 479.